The van der Waals surface area contributed by atoms with Crippen LogP contribution in [0.5, 0.6) is 17.2 Å². The molecule has 23 heavy (non-hydrogen) atoms. The van der Waals surface area contributed by atoms with Crippen molar-refractivity contribution >= 4 is 33.2 Å². The van der Waals surface area contributed by atoms with Crippen molar-refractivity contribution in [2.24, 2.45) is 0 Å². The average molecular weight is 400 g/mol. The Morgan fingerprint density at radius 2 is 1.74 bits per heavy atom. The van der Waals surface area contributed by atoms with Gasteiger partial charge in [0.2, 0.25) is 5.75 Å². The molecule has 5 nitrogen and oxygen atoms in total. The van der Waals surface area contributed by atoms with Gasteiger partial charge in [-0.25, -0.2) is 0 Å². The van der Waals surface area contributed by atoms with Gasteiger partial charge in [0.25, 0.3) is 5.91 Å². The lowest BCUT2D eigenvalue weighted by Crippen LogP contribution is -2.26. The minimum Gasteiger partial charge on any atom is -0.493 e. The molecule has 1 amide bonds. The number of amides is 1. The first-order valence-corrected chi connectivity index (χ1v) is 8.52. The predicted octanol–water partition coefficient (Wildman–Crippen LogP) is 4.03. The summed E-state index contributed by atoms with van der Waals surface area (Å²) in [4.78, 5) is 12.3. The van der Waals surface area contributed by atoms with E-state index in [4.69, 9.17) is 14.2 Å². The highest BCUT2D eigenvalue weighted by atomic mass is 79.9. The molecule has 1 unspecified atom stereocenters. The fraction of sp³-hybridized carbons (Fsp3) is 0.312. The summed E-state index contributed by atoms with van der Waals surface area (Å²) < 4.78 is 16.9. The highest BCUT2D eigenvalue weighted by Gasteiger charge is 2.18. The van der Waals surface area contributed by atoms with Gasteiger partial charge in [-0.2, -0.15) is 0 Å². The van der Waals surface area contributed by atoms with Crippen LogP contribution in [0.25, 0.3) is 0 Å². The number of carbonyl (C=O) groups is 1. The van der Waals surface area contributed by atoms with Gasteiger partial charge < -0.3 is 19.5 Å². The maximum atomic E-state index is 12.3. The number of nitrogens with one attached hydrogen (secondary N) is 1. The van der Waals surface area contributed by atoms with E-state index < -0.39 is 0 Å². The highest BCUT2D eigenvalue weighted by Crippen LogP contribution is 2.39. The maximum absolute atomic E-state index is 12.3. The van der Waals surface area contributed by atoms with Crippen LogP contribution in [0.3, 0.4) is 0 Å². The molecule has 0 radical (unpaired) electrons. The Kier molecular flexibility index (Phi) is 5.90. The Hall–Kier alpha value is -1.73. The van der Waals surface area contributed by atoms with Gasteiger partial charge in [-0.15, -0.1) is 11.3 Å². The van der Waals surface area contributed by atoms with Gasteiger partial charge in [0.1, 0.15) is 0 Å². The Morgan fingerprint density at radius 1 is 1.13 bits per heavy atom. The molecule has 0 saturated heterocycles. The van der Waals surface area contributed by atoms with Crippen molar-refractivity contribution in [1.29, 1.82) is 0 Å². The smallest absolute Gasteiger partial charge is 0.252 e. The molecule has 2 aromatic rings. The van der Waals surface area contributed by atoms with Crippen molar-refractivity contribution in [3.8, 4) is 17.2 Å². The first-order valence-electron chi connectivity index (χ1n) is 6.85. The molecule has 0 bridgehead atoms. The molecule has 0 aliphatic rings. The van der Waals surface area contributed by atoms with Crippen LogP contribution in [0.4, 0.5) is 0 Å². The lowest BCUT2D eigenvalue weighted by Gasteiger charge is -2.18. The Labute approximate surface area is 147 Å². The number of methoxy groups -OCH3 is 3. The van der Waals surface area contributed by atoms with Crippen molar-refractivity contribution in [1.82, 2.24) is 5.32 Å². The minimum atomic E-state index is -0.213. The molecule has 0 aliphatic heterocycles. The maximum Gasteiger partial charge on any atom is 0.252 e. The van der Waals surface area contributed by atoms with Crippen molar-refractivity contribution < 1.29 is 19.0 Å². The lowest BCUT2D eigenvalue weighted by molar-refractivity contribution is 0.0940. The SMILES string of the molecule is COc1cc(C(C)NC(=O)c2csc(Br)c2)cc(OC)c1OC. The van der Waals surface area contributed by atoms with Crippen LogP contribution in [0.2, 0.25) is 0 Å². The molecule has 2 rings (SSSR count). The van der Waals surface area contributed by atoms with Crippen molar-refractivity contribution in [3.63, 3.8) is 0 Å². The van der Waals surface area contributed by atoms with Crippen molar-refractivity contribution in [2.45, 2.75) is 13.0 Å². The molecule has 0 aliphatic carbocycles. The van der Waals surface area contributed by atoms with Crippen LogP contribution in [0, 0.1) is 0 Å². The van der Waals surface area contributed by atoms with Gasteiger partial charge >= 0.3 is 0 Å². The van der Waals surface area contributed by atoms with E-state index in [9.17, 15) is 4.79 Å². The third kappa shape index (κ3) is 3.97. The van der Waals surface area contributed by atoms with E-state index in [-0.39, 0.29) is 11.9 Å². The highest BCUT2D eigenvalue weighted by molar-refractivity contribution is 9.11. The van der Waals surface area contributed by atoms with Crippen molar-refractivity contribution in [2.75, 3.05) is 21.3 Å². The van der Waals surface area contributed by atoms with Crippen LogP contribution in [-0.2, 0) is 0 Å². The molecule has 0 fully saturated rings. The van der Waals surface area contributed by atoms with Crippen molar-refractivity contribution in [3.05, 3.63) is 38.5 Å². The zero-order chi connectivity index (χ0) is 17.0. The fourth-order valence-electron chi connectivity index (χ4n) is 2.14. The summed E-state index contributed by atoms with van der Waals surface area (Å²) in [6, 6.07) is 5.24. The normalized spacial score (nSPS) is 11.7. The van der Waals surface area contributed by atoms with E-state index in [1.165, 1.54) is 11.3 Å². The standard InChI is InChI=1S/C16H18BrNO4S/c1-9(18-16(19)11-7-14(17)23-8-11)10-5-12(20-2)15(22-4)13(6-10)21-3/h5-9H,1-4H3,(H,18,19). The second kappa shape index (κ2) is 7.70. The van der Waals surface area contributed by atoms with E-state index in [0.29, 0.717) is 22.8 Å². The van der Waals surface area contributed by atoms with Gasteiger partial charge in [0.05, 0.1) is 36.7 Å². The summed E-state index contributed by atoms with van der Waals surface area (Å²) in [5.74, 6) is 1.51. The summed E-state index contributed by atoms with van der Waals surface area (Å²) >= 11 is 4.83. The third-order valence-electron chi connectivity index (χ3n) is 3.36. The number of ether oxygens (including phenoxy) is 3. The first kappa shape index (κ1) is 17.6. The summed E-state index contributed by atoms with van der Waals surface area (Å²) in [7, 11) is 4.68. The minimum absolute atomic E-state index is 0.131. The summed E-state index contributed by atoms with van der Waals surface area (Å²) in [6.07, 6.45) is 0. The summed E-state index contributed by atoms with van der Waals surface area (Å²) in [5, 5.41) is 4.77. The lowest BCUT2D eigenvalue weighted by atomic mass is 10.1. The molecule has 0 spiro atoms. The topological polar surface area (TPSA) is 56.8 Å². The fourth-order valence-corrected chi connectivity index (χ4v) is 3.28. The molecule has 1 aromatic carbocycles. The van der Waals surface area contributed by atoms with E-state index >= 15 is 0 Å². The molecule has 1 aromatic heterocycles. The third-order valence-corrected chi connectivity index (χ3v) is 4.87. The van der Waals surface area contributed by atoms with E-state index in [1.807, 2.05) is 19.1 Å². The molecule has 0 saturated carbocycles. The van der Waals surface area contributed by atoms with Crippen LogP contribution in [0.1, 0.15) is 28.9 Å². The van der Waals surface area contributed by atoms with Crippen LogP contribution in [0.15, 0.2) is 27.4 Å². The molecular weight excluding hydrogens is 382 g/mol. The number of halogens is 1. The van der Waals surface area contributed by atoms with Crippen LogP contribution < -0.4 is 19.5 Å². The van der Waals surface area contributed by atoms with Crippen LogP contribution >= 0.6 is 27.3 Å². The second-order valence-electron chi connectivity index (χ2n) is 4.79. The van der Waals surface area contributed by atoms with Gasteiger partial charge in [-0.1, -0.05) is 0 Å². The number of hydrogen-bond acceptors (Lipinski definition) is 5. The Bertz CT molecular complexity index is 676. The quantitative estimate of drug-likeness (QED) is 0.796. The first-order chi connectivity index (χ1) is 11.0. The van der Waals surface area contributed by atoms with Gasteiger partial charge in [0, 0.05) is 5.38 Å². The van der Waals surface area contributed by atoms with Gasteiger partial charge in [0.15, 0.2) is 11.5 Å². The Balaban J connectivity index is 2.25. The molecule has 1 heterocycles. The summed E-state index contributed by atoms with van der Waals surface area (Å²) in [5.41, 5.74) is 1.49. The van der Waals surface area contributed by atoms with E-state index in [0.717, 1.165) is 9.35 Å². The Morgan fingerprint density at radius 3 is 2.17 bits per heavy atom. The van der Waals surface area contributed by atoms with Gasteiger partial charge in [-0.3, -0.25) is 4.79 Å². The van der Waals surface area contributed by atoms with E-state index in [1.54, 1.807) is 32.8 Å². The van der Waals surface area contributed by atoms with E-state index in [2.05, 4.69) is 21.2 Å². The number of rotatable bonds is 6. The van der Waals surface area contributed by atoms with Crippen LogP contribution in [-0.4, -0.2) is 27.2 Å². The second-order valence-corrected chi connectivity index (χ2v) is 7.08. The zero-order valence-electron chi connectivity index (χ0n) is 13.3. The summed E-state index contributed by atoms with van der Waals surface area (Å²) in [6.45, 7) is 1.90. The molecule has 1 N–H and O–H groups in total. The molecule has 7 heteroatoms. The monoisotopic (exact) mass is 399 g/mol. The number of hydrogen-bond donors (Lipinski definition) is 1. The number of thiophene rings is 1. The largest absolute Gasteiger partial charge is 0.493 e. The molecule has 1 atom stereocenters. The average Bonchev–Trinajstić information content (AvgIpc) is 2.99. The predicted molar refractivity (Wildman–Crippen MR) is 94.0 cm³/mol. The number of benzene rings is 1. The zero-order valence-corrected chi connectivity index (χ0v) is 15.7. The molecular formula is C16H18BrNO4S. The molecule has 124 valence electrons. The van der Waals surface area contributed by atoms with Gasteiger partial charge in [-0.05, 0) is 46.6 Å². The number of carbonyl (C=O) groups excluding carboxylic acids is 1.